The second-order valence-corrected chi connectivity index (χ2v) is 6.26. The minimum Gasteiger partial charge on any atom is -0.481 e. The van der Waals surface area contributed by atoms with Crippen molar-refractivity contribution in [3.8, 4) is 0 Å². The number of hydrogen-bond donors (Lipinski definition) is 1. The van der Waals surface area contributed by atoms with Crippen molar-refractivity contribution in [3.63, 3.8) is 0 Å². The Morgan fingerprint density at radius 2 is 2.05 bits per heavy atom. The lowest BCUT2D eigenvalue weighted by molar-refractivity contribution is -0.143. The van der Waals surface area contributed by atoms with Gasteiger partial charge in [-0.3, -0.25) is 9.59 Å². The van der Waals surface area contributed by atoms with Gasteiger partial charge in [0, 0.05) is 17.1 Å². The number of carboxylic acids is 1. The van der Waals surface area contributed by atoms with Gasteiger partial charge < -0.3 is 10.0 Å². The van der Waals surface area contributed by atoms with Crippen LogP contribution in [0.1, 0.15) is 35.7 Å². The third kappa shape index (κ3) is 3.03. The number of carboxylic acid groups (broad SMARTS) is 1. The zero-order valence-electron chi connectivity index (χ0n) is 11.6. The van der Waals surface area contributed by atoms with Gasteiger partial charge in [0.2, 0.25) is 0 Å². The molecular weight excluding hydrogens is 322 g/mol. The standard InChI is InChI=1S/C15H18BrNO3/c1-9-3-6-12(13(16)7-9)14(18)17-8-11(15(19)20)5-4-10(17)2/h3,6-7,10-11H,4-5,8H2,1-2H3,(H,19,20). The lowest BCUT2D eigenvalue weighted by Crippen LogP contribution is -2.47. The van der Waals surface area contributed by atoms with Gasteiger partial charge in [0.05, 0.1) is 11.5 Å². The molecule has 1 heterocycles. The molecule has 2 rings (SSSR count). The number of likely N-dealkylation sites (tertiary alicyclic amines) is 1. The van der Waals surface area contributed by atoms with Gasteiger partial charge in [0.25, 0.3) is 5.91 Å². The molecule has 1 aromatic carbocycles. The van der Waals surface area contributed by atoms with Crippen LogP contribution < -0.4 is 0 Å². The third-order valence-electron chi connectivity index (χ3n) is 3.85. The van der Waals surface area contributed by atoms with Crippen molar-refractivity contribution < 1.29 is 14.7 Å². The molecule has 1 fully saturated rings. The highest BCUT2D eigenvalue weighted by Gasteiger charge is 2.33. The molecule has 1 N–H and O–H groups in total. The van der Waals surface area contributed by atoms with Crippen molar-refractivity contribution in [2.75, 3.05) is 6.54 Å². The molecule has 0 saturated carbocycles. The van der Waals surface area contributed by atoms with Crippen LogP contribution in [0.4, 0.5) is 0 Å². The molecule has 20 heavy (non-hydrogen) atoms. The van der Waals surface area contributed by atoms with E-state index < -0.39 is 11.9 Å². The third-order valence-corrected chi connectivity index (χ3v) is 4.50. The summed E-state index contributed by atoms with van der Waals surface area (Å²) in [7, 11) is 0. The number of halogens is 1. The first-order chi connectivity index (χ1) is 9.40. The number of aryl methyl sites for hydroxylation is 1. The number of carbonyl (C=O) groups excluding carboxylic acids is 1. The smallest absolute Gasteiger partial charge is 0.308 e. The summed E-state index contributed by atoms with van der Waals surface area (Å²) in [6.45, 7) is 4.22. The van der Waals surface area contributed by atoms with Gasteiger partial charge in [-0.05, 0) is 60.3 Å². The molecule has 0 aliphatic carbocycles. The molecule has 5 heteroatoms. The summed E-state index contributed by atoms with van der Waals surface area (Å²) in [4.78, 5) is 25.4. The van der Waals surface area contributed by atoms with Crippen LogP contribution in [0.25, 0.3) is 0 Å². The molecule has 2 unspecified atom stereocenters. The molecule has 2 atom stereocenters. The Morgan fingerprint density at radius 3 is 2.65 bits per heavy atom. The van der Waals surface area contributed by atoms with Gasteiger partial charge in [0.1, 0.15) is 0 Å². The Bertz CT molecular complexity index is 544. The van der Waals surface area contributed by atoms with Crippen LogP contribution in [0.3, 0.4) is 0 Å². The van der Waals surface area contributed by atoms with Crippen molar-refractivity contribution in [1.29, 1.82) is 0 Å². The first-order valence-corrected chi connectivity index (χ1v) is 7.49. The predicted molar refractivity (Wildman–Crippen MR) is 79.7 cm³/mol. The van der Waals surface area contributed by atoms with Crippen molar-refractivity contribution in [2.24, 2.45) is 5.92 Å². The number of carbonyl (C=O) groups is 2. The molecule has 1 aliphatic heterocycles. The van der Waals surface area contributed by atoms with Gasteiger partial charge in [-0.15, -0.1) is 0 Å². The van der Waals surface area contributed by atoms with Crippen molar-refractivity contribution >= 4 is 27.8 Å². The molecule has 4 nitrogen and oxygen atoms in total. The number of piperidine rings is 1. The topological polar surface area (TPSA) is 57.6 Å². The number of benzene rings is 1. The van der Waals surface area contributed by atoms with E-state index in [-0.39, 0.29) is 18.5 Å². The molecule has 108 valence electrons. The number of hydrogen-bond acceptors (Lipinski definition) is 2. The fourth-order valence-corrected chi connectivity index (χ4v) is 3.20. The highest BCUT2D eigenvalue weighted by Crippen LogP contribution is 2.26. The Kier molecular flexibility index (Phi) is 4.48. The molecule has 0 bridgehead atoms. The summed E-state index contributed by atoms with van der Waals surface area (Å²) in [5.41, 5.74) is 1.66. The molecule has 0 aromatic heterocycles. The van der Waals surface area contributed by atoms with E-state index in [1.54, 1.807) is 11.0 Å². The zero-order chi connectivity index (χ0) is 14.9. The summed E-state index contributed by atoms with van der Waals surface area (Å²) in [5, 5.41) is 9.14. The predicted octanol–water partition coefficient (Wildman–Crippen LogP) is 3.08. The average Bonchev–Trinajstić information content (AvgIpc) is 2.38. The minimum absolute atomic E-state index is 0.0753. The van der Waals surface area contributed by atoms with E-state index in [0.29, 0.717) is 12.0 Å². The Morgan fingerprint density at radius 1 is 1.35 bits per heavy atom. The van der Waals surface area contributed by atoms with Crippen LogP contribution in [0, 0.1) is 12.8 Å². The molecule has 1 aliphatic rings. The Labute approximate surface area is 126 Å². The van der Waals surface area contributed by atoms with Crippen LogP contribution in [0.5, 0.6) is 0 Å². The Hall–Kier alpha value is -1.36. The second-order valence-electron chi connectivity index (χ2n) is 5.40. The van der Waals surface area contributed by atoms with Crippen LogP contribution in [-0.4, -0.2) is 34.5 Å². The normalized spacial score (nSPS) is 22.6. The minimum atomic E-state index is -0.822. The van der Waals surface area contributed by atoms with Crippen LogP contribution in [-0.2, 0) is 4.79 Å². The number of rotatable bonds is 2. The lowest BCUT2D eigenvalue weighted by atomic mass is 9.93. The van der Waals surface area contributed by atoms with Gasteiger partial charge >= 0.3 is 5.97 Å². The van der Waals surface area contributed by atoms with E-state index in [9.17, 15) is 9.59 Å². The van der Waals surface area contributed by atoms with E-state index in [1.807, 2.05) is 26.0 Å². The zero-order valence-corrected chi connectivity index (χ0v) is 13.2. The summed E-state index contributed by atoms with van der Waals surface area (Å²) >= 11 is 3.41. The van der Waals surface area contributed by atoms with Crippen molar-refractivity contribution in [3.05, 3.63) is 33.8 Å². The first kappa shape index (κ1) is 15.0. The monoisotopic (exact) mass is 339 g/mol. The molecule has 1 amide bonds. The van der Waals surface area contributed by atoms with E-state index >= 15 is 0 Å². The second kappa shape index (κ2) is 5.95. The average molecular weight is 340 g/mol. The van der Waals surface area contributed by atoms with E-state index in [2.05, 4.69) is 15.9 Å². The quantitative estimate of drug-likeness (QED) is 0.900. The maximum Gasteiger partial charge on any atom is 0.308 e. The highest BCUT2D eigenvalue weighted by molar-refractivity contribution is 9.10. The van der Waals surface area contributed by atoms with Gasteiger partial charge in [-0.1, -0.05) is 6.07 Å². The van der Waals surface area contributed by atoms with Gasteiger partial charge in [0.15, 0.2) is 0 Å². The molecule has 1 aromatic rings. The SMILES string of the molecule is Cc1ccc(C(=O)N2CC(C(=O)O)CCC2C)c(Br)c1. The fraction of sp³-hybridized carbons (Fsp3) is 0.467. The first-order valence-electron chi connectivity index (χ1n) is 6.70. The molecule has 0 spiro atoms. The van der Waals surface area contributed by atoms with E-state index in [1.165, 1.54) is 0 Å². The number of nitrogens with zero attached hydrogens (tertiary/aromatic N) is 1. The molecular formula is C15H18BrNO3. The van der Waals surface area contributed by atoms with Crippen LogP contribution >= 0.6 is 15.9 Å². The summed E-state index contributed by atoms with van der Waals surface area (Å²) in [6.07, 6.45) is 1.36. The van der Waals surface area contributed by atoms with E-state index in [4.69, 9.17) is 5.11 Å². The van der Waals surface area contributed by atoms with Gasteiger partial charge in [-0.25, -0.2) is 0 Å². The maximum absolute atomic E-state index is 12.6. The van der Waals surface area contributed by atoms with Crippen LogP contribution in [0.15, 0.2) is 22.7 Å². The largest absolute Gasteiger partial charge is 0.481 e. The summed E-state index contributed by atoms with van der Waals surface area (Å²) < 4.78 is 0.757. The molecule has 0 radical (unpaired) electrons. The van der Waals surface area contributed by atoms with Gasteiger partial charge in [-0.2, -0.15) is 0 Å². The number of amides is 1. The molecule has 1 saturated heterocycles. The maximum atomic E-state index is 12.6. The summed E-state index contributed by atoms with van der Waals surface area (Å²) in [5.74, 6) is -1.38. The Balaban J connectivity index is 2.24. The van der Waals surface area contributed by atoms with E-state index in [0.717, 1.165) is 16.5 Å². The number of aliphatic carboxylic acids is 1. The highest BCUT2D eigenvalue weighted by atomic mass is 79.9. The summed E-state index contributed by atoms with van der Waals surface area (Å²) in [6, 6.07) is 5.66. The fourth-order valence-electron chi connectivity index (χ4n) is 2.54. The van der Waals surface area contributed by atoms with Crippen molar-refractivity contribution in [2.45, 2.75) is 32.7 Å². The van der Waals surface area contributed by atoms with Crippen LogP contribution in [0.2, 0.25) is 0 Å². The van der Waals surface area contributed by atoms with Crippen molar-refractivity contribution in [1.82, 2.24) is 4.90 Å². The lowest BCUT2D eigenvalue weighted by Gasteiger charge is -2.36.